The van der Waals surface area contributed by atoms with Gasteiger partial charge in [0.25, 0.3) is 5.92 Å². The smallest absolute Gasteiger partial charge is 0.272 e. The molecule has 8 rings (SSSR count). The first kappa shape index (κ1) is 27.9. The van der Waals surface area contributed by atoms with E-state index in [2.05, 4.69) is 28.5 Å². The molecule has 0 bridgehead atoms. The SMILES string of the molecule is CC(F)(F)c1cnc2c(c1)CN(C(=O)[C@@]13CCC[C@@H]1C[C@@H](NC1CCC(O)(c4ccc5c(c4)C4CC4CO5)CC1)C3)CC2. The molecule has 43 heavy (non-hydrogen) atoms. The third-order valence-corrected chi connectivity index (χ3v) is 12.0. The third kappa shape index (κ3) is 4.78. The topological polar surface area (TPSA) is 74.7 Å². The molecule has 0 spiro atoms. The van der Waals surface area contributed by atoms with Gasteiger partial charge in [-0.05, 0) is 105 Å². The van der Waals surface area contributed by atoms with E-state index in [1.54, 1.807) is 6.07 Å². The second-order valence-electron chi connectivity index (χ2n) is 14.7. The molecule has 2 unspecified atom stereocenters. The van der Waals surface area contributed by atoms with E-state index in [0.29, 0.717) is 49.3 Å². The van der Waals surface area contributed by atoms with Crippen LogP contribution < -0.4 is 10.1 Å². The second kappa shape index (κ2) is 9.96. The monoisotopic (exact) mass is 591 g/mol. The van der Waals surface area contributed by atoms with Crippen molar-refractivity contribution in [1.29, 1.82) is 0 Å². The molecule has 6 nitrogen and oxygen atoms in total. The highest BCUT2D eigenvalue weighted by molar-refractivity contribution is 5.84. The Kier molecular flexibility index (Phi) is 6.47. The molecule has 3 heterocycles. The molecule has 0 radical (unpaired) electrons. The van der Waals surface area contributed by atoms with Crippen LogP contribution in [0.1, 0.15) is 105 Å². The van der Waals surface area contributed by atoms with E-state index in [9.17, 15) is 18.7 Å². The maximum absolute atomic E-state index is 14.2. The van der Waals surface area contributed by atoms with Crippen LogP contribution in [-0.2, 0) is 29.3 Å². The van der Waals surface area contributed by atoms with Gasteiger partial charge in [-0.25, -0.2) is 8.78 Å². The Labute approximate surface area is 252 Å². The number of hydrogen-bond acceptors (Lipinski definition) is 5. The van der Waals surface area contributed by atoms with Gasteiger partial charge in [-0.2, -0.15) is 0 Å². The van der Waals surface area contributed by atoms with Crippen molar-refractivity contribution in [3.63, 3.8) is 0 Å². The van der Waals surface area contributed by atoms with Gasteiger partial charge >= 0.3 is 0 Å². The fourth-order valence-corrected chi connectivity index (χ4v) is 9.43. The Morgan fingerprint density at radius 1 is 1.14 bits per heavy atom. The Morgan fingerprint density at radius 2 is 1.98 bits per heavy atom. The first-order chi connectivity index (χ1) is 20.6. The molecule has 4 saturated carbocycles. The van der Waals surface area contributed by atoms with E-state index in [1.165, 1.54) is 18.2 Å². The molecular formula is C35H43F2N3O3. The quantitative estimate of drug-likeness (QED) is 0.450. The Morgan fingerprint density at radius 3 is 2.79 bits per heavy atom. The van der Waals surface area contributed by atoms with E-state index in [-0.39, 0.29) is 16.9 Å². The summed E-state index contributed by atoms with van der Waals surface area (Å²) in [5.41, 5.74) is 2.69. The summed E-state index contributed by atoms with van der Waals surface area (Å²) in [6.45, 7) is 2.70. The van der Waals surface area contributed by atoms with E-state index >= 15 is 0 Å². The van der Waals surface area contributed by atoms with Gasteiger partial charge in [0.2, 0.25) is 5.91 Å². The average Bonchev–Trinajstić information content (AvgIpc) is 3.58. The van der Waals surface area contributed by atoms with Crippen molar-refractivity contribution >= 4 is 5.91 Å². The molecule has 5 atom stereocenters. The average molecular weight is 592 g/mol. The van der Waals surface area contributed by atoms with Crippen molar-refractivity contribution in [2.45, 2.75) is 114 Å². The number of nitrogens with zero attached hydrogens (tertiary/aromatic N) is 2. The van der Waals surface area contributed by atoms with Gasteiger partial charge in [0, 0.05) is 61.9 Å². The van der Waals surface area contributed by atoms with Crippen LogP contribution in [0.2, 0.25) is 0 Å². The lowest BCUT2D eigenvalue weighted by Gasteiger charge is -2.39. The third-order valence-electron chi connectivity index (χ3n) is 12.0. The summed E-state index contributed by atoms with van der Waals surface area (Å²) in [4.78, 5) is 20.4. The molecule has 0 saturated heterocycles. The van der Waals surface area contributed by atoms with Crippen LogP contribution in [0.15, 0.2) is 30.5 Å². The normalized spacial score (nSPS) is 36.3. The number of alkyl halides is 2. The standard InChI is InChI=1S/C35H43F2N3O3/c1-33(36,37)25-13-21-19-40(12-8-30(21)38-18-25)32(41)34-9-2-3-23(34)15-27(17-34)39-26-6-10-35(42,11-7-26)24-4-5-31-29(16-24)28-14-22(28)20-43-31/h4-5,13,16,18,22-23,26-28,39,42H,2-3,6-12,14-15,17,19-20H2,1H3/t22?,23-,26?,27-,28?,34-,35?/m1/s1. The molecule has 1 aromatic carbocycles. The molecule has 2 aromatic rings. The maximum atomic E-state index is 14.2. The zero-order valence-electron chi connectivity index (χ0n) is 25.1. The summed E-state index contributed by atoms with van der Waals surface area (Å²) >= 11 is 0. The van der Waals surface area contributed by atoms with Crippen molar-refractivity contribution in [3.8, 4) is 5.75 Å². The highest BCUT2D eigenvalue weighted by Crippen LogP contribution is 2.57. The largest absolute Gasteiger partial charge is 0.493 e. The molecule has 6 aliphatic rings. The van der Waals surface area contributed by atoms with E-state index in [4.69, 9.17) is 4.74 Å². The maximum Gasteiger partial charge on any atom is 0.272 e. The number of carbonyl (C=O) groups excluding carboxylic acids is 1. The van der Waals surface area contributed by atoms with Gasteiger partial charge in [-0.1, -0.05) is 12.5 Å². The predicted molar refractivity (Wildman–Crippen MR) is 158 cm³/mol. The molecule has 4 fully saturated rings. The zero-order valence-corrected chi connectivity index (χ0v) is 25.1. The lowest BCUT2D eigenvalue weighted by Crippen LogP contribution is -2.47. The molecule has 230 valence electrons. The minimum atomic E-state index is -2.95. The van der Waals surface area contributed by atoms with Crippen molar-refractivity contribution in [2.24, 2.45) is 17.3 Å². The number of aromatic nitrogens is 1. The fourth-order valence-electron chi connectivity index (χ4n) is 9.43. The van der Waals surface area contributed by atoms with Gasteiger partial charge in [0.1, 0.15) is 5.75 Å². The molecule has 4 aliphatic carbocycles. The number of carbonyl (C=O) groups is 1. The van der Waals surface area contributed by atoms with Crippen LogP contribution in [0, 0.1) is 17.3 Å². The summed E-state index contributed by atoms with van der Waals surface area (Å²) in [7, 11) is 0. The highest BCUT2D eigenvalue weighted by Gasteiger charge is 2.56. The van der Waals surface area contributed by atoms with Crippen molar-refractivity contribution in [2.75, 3.05) is 13.2 Å². The van der Waals surface area contributed by atoms with Gasteiger partial charge in [0.15, 0.2) is 0 Å². The number of pyridine rings is 1. The minimum absolute atomic E-state index is 0.0841. The van der Waals surface area contributed by atoms with Gasteiger partial charge in [-0.15, -0.1) is 0 Å². The predicted octanol–water partition coefficient (Wildman–Crippen LogP) is 5.94. The Bertz CT molecular complexity index is 1430. The lowest BCUT2D eigenvalue weighted by atomic mass is 9.76. The molecule has 2 aliphatic heterocycles. The van der Waals surface area contributed by atoms with E-state index < -0.39 is 11.5 Å². The highest BCUT2D eigenvalue weighted by atomic mass is 19.3. The number of rotatable bonds is 5. The molecule has 1 aromatic heterocycles. The number of nitrogens with one attached hydrogen (secondary N) is 1. The van der Waals surface area contributed by atoms with Gasteiger partial charge in [0.05, 0.1) is 17.6 Å². The molecule has 2 N–H and O–H groups in total. The first-order valence-electron chi connectivity index (χ1n) is 16.5. The van der Waals surface area contributed by atoms with Crippen LogP contribution >= 0.6 is 0 Å². The Balaban J connectivity index is 0.914. The number of benzene rings is 1. The van der Waals surface area contributed by atoms with Crippen LogP contribution in [0.5, 0.6) is 5.75 Å². The summed E-state index contributed by atoms with van der Waals surface area (Å²) in [5, 5.41) is 15.6. The number of fused-ring (bicyclic) bond motifs is 5. The van der Waals surface area contributed by atoms with Crippen LogP contribution in [0.4, 0.5) is 8.78 Å². The van der Waals surface area contributed by atoms with Crippen LogP contribution in [-0.4, -0.2) is 46.1 Å². The minimum Gasteiger partial charge on any atom is -0.493 e. The number of halogens is 2. The summed E-state index contributed by atoms with van der Waals surface area (Å²) in [6.07, 6.45) is 11.3. The number of hydrogen-bond donors (Lipinski definition) is 2. The van der Waals surface area contributed by atoms with Crippen molar-refractivity contribution in [3.05, 3.63) is 58.4 Å². The number of ether oxygens (including phenoxy) is 1. The molecule has 1 amide bonds. The Hall–Kier alpha value is -2.58. The van der Waals surface area contributed by atoms with E-state index in [1.807, 2.05) is 4.90 Å². The zero-order chi connectivity index (χ0) is 29.6. The molecule has 8 heteroatoms. The van der Waals surface area contributed by atoms with Crippen LogP contribution in [0.3, 0.4) is 0 Å². The van der Waals surface area contributed by atoms with Crippen molar-refractivity contribution < 1.29 is 23.4 Å². The van der Waals surface area contributed by atoms with E-state index in [0.717, 1.165) is 93.9 Å². The second-order valence-corrected chi connectivity index (χ2v) is 14.7. The van der Waals surface area contributed by atoms with Gasteiger partial charge < -0.3 is 20.1 Å². The summed E-state index contributed by atoms with van der Waals surface area (Å²) in [5.74, 6) is -0.105. The van der Waals surface area contributed by atoms with Crippen LogP contribution in [0.25, 0.3) is 0 Å². The first-order valence-corrected chi connectivity index (χ1v) is 16.5. The van der Waals surface area contributed by atoms with Gasteiger partial charge in [-0.3, -0.25) is 9.78 Å². The number of amides is 1. The number of aliphatic hydroxyl groups is 1. The lowest BCUT2D eigenvalue weighted by molar-refractivity contribution is -0.144. The molecular weight excluding hydrogens is 548 g/mol. The summed E-state index contributed by atoms with van der Waals surface area (Å²) < 4.78 is 33.9. The fraction of sp³-hybridized carbons (Fsp3) is 0.657. The summed E-state index contributed by atoms with van der Waals surface area (Å²) in [6, 6.07) is 8.52. The van der Waals surface area contributed by atoms with Crippen molar-refractivity contribution in [1.82, 2.24) is 15.2 Å².